The van der Waals surface area contributed by atoms with Crippen molar-refractivity contribution in [1.29, 1.82) is 0 Å². The lowest BCUT2D eigenvalue weighted by molar-refractivity contribution is 0.102. The SMILES string of the molecule is Cc1cc(C(=O)Nc2ccc(F)c(C(N)=NO)c2)c(C)o1. The van der Waals surface area contributed by atoms with Crippen LogP contribution in [0.25, 0.3) is 0 Å². The highest BCUT2D eigenvalue weighted by atomic mass is 19.1. The van der Waals surface area contributed by atoms with Crippen LogP contribution in [-0.4, -0.2) is 17.0 Å². The zero-order valence-electron chi connectivity index (χ0n) is 11.5. The Morgan fingerprint density at radius 2 is 2.05 bits per heavy atom. The van der Waals surface area contributed by atoms with E-state index in [0.717, 1.165) is 6.07 Å². The summed E-state index contributed by atoms with van der Waals surface area (Å²) in [6.45, 7) is 3.41. The summed E-state index contributed by atoms with van der Waals surface area (Å²) in [6.07, 6.45) is 0. The van der Waals surface area contributed by atoms with Crippen LogP contribution in [0.2, 0.25) is 0 Å². The molecular formula is C14H14FN3O3. The first kappa shape index (κ1) is 14.6. The Kier molecular flexibility index (Phi) is 3.93. The average molecular weight is 291 g/mol. The van der Waals surface area contributed by atoms with Crippen LogP contribution < -0.4 is 11.1 Å². The molecular weight excluding hydrogens is 277 g/mol. The number of aryl methyl sites for hydroxylation is 2. The van der Waals surface area contributed by atoms with Gasteiger partial charge in [0.2, 0.25) is 0 Å². The van der Waals surface area contributed by atoms with E-state index in [2.05, 4.69) is 10.5 Å². The molecule has 0 aliphatic carbocycles. The quantitative estimate of drug-likeness (QED) is 0.350. The van der Waals surface area contributed by atoms with Gasteiger partial charge in [-0.05, 0) is 38.1 Å². The van der Waals surface area contributed by atoms with Gasteiger partial charge in [-0.25, -0.2) is 4.39 Å². The number of hydrogen-bond acceptors (Lipinski definition) is 4. The fraction of sp³-hybridized carbons (Fsp3) is 0.143. The van der Waals surface area contributed by atoms with Crippen molar-refractivity contribution in [3.05, 3.63) is 52.7 Å². The van der Waals surface area contributed by atoms with Crippen LogP contribution in [0.5, 0.6) is 0 Å². The molecule has 0 spiro atoms. The van der Waals surface area contributed by atoms with Crippen molar-refractivity contribution in [1.82, 2.24) is 0 Å². The second-order valence-electron chi connectivity index (χ2n) is 4.46. The summed E-state index contributed by atoms with van der Waals surface area (Å²) >= 11 is 0. The summed E-state index contributed by atoms with van der Waals surface area (Å²) in [5.74, 6) is -0.308. The van der Waals surface area contributed by atoms with E-state index in [0.29, 0.717) is 22.8 Å². The number of hydrogen-bond donors (Lipinski definition) is 3. The molecule has 6 nitrogen and oxygen atoms in total. The van der Waals surface area contributed by atoms with Gasteiger partial charge in [0.25, 0.3) is 5.91 Å². The van der Waals surface area contributed by atoms with E-state index in [4.69, 9.17) is 15.4 Å². The first-order valence-electron chi connectivity index (χ1n) is 6.08. The molecule has 1 heterocycles. The number of halogens is 1. The second-order valence-corrected chi connectivity index (χ2v) is 4.46. The van der Waals surface area contributed by atoms with E-state index >= 15 is 0 Å². The van der Waals surface area contributed by atoms with Crippen LogP contribution >= 0.6 is 0 Å². The second kappa shape index (κ2) is 5.66. The fourth-order valence-electron chi connectivity index (χ4n) is 1.91. The monoisotopic (exact) mass is 291 g/mol. The van der Waals surface area contributed by atoms with Crippen LogP contribution in [-0.2, 0) is 0 Å². The van der Waals surface area contributed by atoms with Crippen molar-refractivity contribution < 1.29 is 18.8 Å². The summed E-state index contributed by atoms with van der Waals surface area (Å²) in [4.78, 5) is 12.1. The van der Waals surface area contributed by atoms with Crippen LogP contribution in [0.15, 0.2) is 33.8 Å². The number of oxime groups is 1. The average Bonchev–Trinajstić information content (AvgIpc) is 2.79. The van der Waals surface area contributed by atoms with Gasteiger partial charge in [0, 0.05) is 5.69 Å². The van der Waals surface area contributed by atoms with Crippen LogP contribution in [0, 0.1) is 19.7 Å². The van der Waals surface area contributed by atoms with Crippen LogP contribution in [0.4, 0.5) is 10.1 Å². The van der Waals surface area contributed by atoms with E-state index < -0.39 is 5.82 Å². The van der Waals surface area contributed by atoms with Gasteiger partial charge in [0.05, 0.1) is 11.1 Å². The first-order valence-corrected chi connectivity index (χ1v) is 6.08. The standard InChI is InChI=1S/C14H14FN3O3/c1-7-5-10(8(2)21-7)14(19)17-9-3-4-12(15)11(6-9)13(16)18-20/h3-6,20H,1-2H3,(H2,16,18)(H,17,19). The molecule has 0 atom stereocenters. The van der Waals surface area contributed by atoms with Gasteiger partial charge < -0.3 is 20.7 Å². The number of carbonyl (C=O) groups is 1. The molecule has 1 aromatic carbocycles. The van der Waals surface area contributed by atoms with Crippen molar-refractivity contribution in [3.8, 4) is 0 Å². The third-order valence-electron chi connectivity index (χ3n) is 2.89. The van der Waals surface area contributed by atoms with Gasteiger partial charge >= 0.3 is 0 Å². The Hall–Kier alpha value is -2.83. The lowest BCUT2D eigenvalue weighted by atomic mass is 10.1. The molecule has 0 radical (unpaired) electrons. The van der Waals surface area contributed by atoms with Crippen LogP contribution in [0.1, 0.15) is 27.4 Å². The number of nitrogens with two attached hydrogens (primary N) is 1. The molecule has 1 aromatic heterocycles. The minimum atomic E-state index is -0.654. The Labute approximate surface area is 120 Å². The predicted molar refractivity (Wildman–Crippen MR) is 75.0 cm³/mol. The van der Waals surface area contributed by atoms with Gasteiger partial charge in [-0.2, -0.15) is 0 Å². The molecule has 7 heteroatoms. The summed E-state index contributed by atoms with van der Waals surface area (Å²) in [7, 11) is 0. The molecule has 0 fully saturated rings. The van der Waals surface area contributed by atoms with Crippen molar-refractivity contribution in [2.24, 2.45) is 10.9 Å². The van der Waals surface area contributed by atoms with E-state index in [1.165, 1.54) is 12.1 Å². The Morgan fingerprint density at radius 1 is 1.33 bits per heavy atom. The maximum atomic E-state index is 13.5. The van der Waals surface area contributed by atoms with Crippen molar-refractivity contribution in [3.63, 3.8) is 0 Å². The highest BCUT2D eigenvalue weighted by Gasteiger charge is 2.15. The molecule has 1 amide bonds. The minimum Gasteiger partial charge on any atom is -0.466 e. The molecule has 110 valence electrons. The molecule has 2 aromatic rings. The highest BCUT2D eigenvalue weighted by Crippen LogP contribution is 2.18. The van der Waals surface area contributed by atoms with Crippen molar-refractivity contribution in [2.75, 3.05) is 5.32 Å². The predicted octanol–water partition coefficient (Wildman–Crippen LogP) is 2.38. The third kappa shape index (κ3) is 3.02. The molecule has 0 bridgehead atoms. The minimum absolute atomic E-state index is 0.101. The lowest BCUT2D eigenvalue weighted by Gasteiger charge is -2.07. The van der Waals surface area contributed by atoms with E-state index in [-0.39, 0.29) is 17.3 Å². The molecule has 0 aliphatic rings. The fourth-order valence-corrected chi connectivity index (χ4v) is 1.91. The zero-order valence-corrected chi connectivity index (χ0v) is 11.5. The number of furan rings is 1. The number of nitrogens with one attached hydrogen (secondary N) is 1. The number of anilines is 1. The lowest BCUT2D eigenvalue weighted by Crippen LogP contribution is -2.17. The van der Waals surface area contributed by atoms with Gasteiger partial charge in [-0.1, -0.05) is 5.16 Å². The van der Waals surface area contributed by atoms with Gasteiger partial charge in [-0.15, -0.1) is 0 Å². The summed E-state index contributed by atoms with van der Waals surface area (Å²) in [6, 6.07) is 5.39. The number of amidine groups is 1. The topological polar surface area (TPSA) is 101 Å². The summed E-state index contributed by atoms with van der Waals surface area (Å²) < 4.78 is 18.8. The normalized spacial score (nSPS) is 11.5. The van der Waals surface area contributed by atoms with E-state index in [1.54, 1.807) is 19.9 Å². The summed E-state index contributed by atoms with van der Waals surface area (Å²) in [5.41, 5.74) is 5.98. The van der Waals surface area contributed by atoms with E-state index in [1.807, 2.05) is 0 Å². The number of carbonyl (C=O) groups excluding carboxylic acids is 1. The molecule has 0 unspecified atom stereocenters. The first-order chi connectivity index (χ1) is 9.92. The van der Waals surface area contributed by atoms with E-state index in [9.17, 15) is 9.18 Å². The maximum absolute atomic E-state index is 13.5. The Morgan fingerprint density at radius 3 is 2.62 bits per heavy atom. The van der Waals surface area contributed by atoms with Crippen molar-refractivity contribution in [2.45, 2.75) is 13.8 Å². The number of amides is 1. The summed E-state index contributed by atoms with van der Waals surface area (Å²) in [5, 5.41) is 13.9. The zero-order chi connectivity index (χ0) is 15.6. The highest BCUT2D eigenvalue weighted by molar-refractivity contribution is 6.06. The molecule has 4 N–H and O–H groups in total. The van der Waals surface area contributed by atoms with Crippen LogP contribution in [0.3, 0.4) is 0 Å². The molecule has 0 saturated heterocycles. The molecule has 0 saturated carbocycles. The molecule has 21 heavy (non-hydrogen) atoms. The Bertz CT molecular complexity index is 722. The number of nitrogens with zero attached hydrogens (tertiary/aromatic N) is 1. The smallest absolute Gasteiger partial charge is 0.259 e. The third-order valence-corrected chi connectivity index (χ3v) is 2.89. The number of benzene rings is 1. The largest absolute Gasteiger partial charge is 0.466 e. The van der Waals surface area contributed by atoms with Gasteiger partial charge in [-0.3, -0.25) is 4.79 Å². The van der Waals surface area contributed by atoms with Gasteiger partial charge in [0.1, 0.15) is 17.3 Å². The van der Waals surface area contributed by atoms with Crippen molar-refractivity contribution >= 4 is 17.4 Å². The number of rotatable bonds is 3. The van der Waals surface area contributed by atoms with Gasteiger partial charge in [0.15, 0.2) is 5.84 Å². The molecule has 2 rings (SSSR count). The molecule has 0 aliphatic heterocycles. The maximum Gasteiger partial charge on any atom is 0.259 e. The Balaban J connectivity index is 2.28.